The third-order valence-electron chi connectivity index (χ3n) is 5.32. The number of ether oxygens (including phenoxy) is 3. The van der Waals surface area contributed by atoms with E-state index in [2.05, 4.69) is 5.32 Å². The van der Waals surface area contributed by atoms with Gasteiger partial charge in [0.2, 0.25) is 5.91 Å². The summed E-state index contributed by atoms with van der Waals surface area (Å²) in [6.07, 6.45) is 0.172. The summed E-state index contributed by atoms with van der Waals surface area (Å²) >= 11 is 0. The molecule has 0 saturated carbocycles. The number of benzene rings is 3. The zero-order chi connectivity index (χ0) is 23.8. The SMILES string of the molecule is COc1cccc(C(CNC(=O)Cc2ccc(OC)c(OC)c2)c2ccc([N+](=O)[O-])cc2)c1. The maximum Gasteiger partial charge on any atom is 0.269 e. The first-order valence-electron chi connectivity index (χ1n) is 10.3. The molecule has 1 amide bonds. The van der Waals surface area contributed by atoms with Crippen molar-refractivity contribution in [1.82, 2.24) is 5.32 Å². The van der Waals surface area contributed by atoms with Gasteiger partial charge < -0.3 is 19.5 Å². The molecule has 0 aliphatic heterocycles. The highest BCUT2D eigenvalue weighted by Gasteiger charge is 2.18. The van der Waals surface area contributed by atoms with Crippen LogP contribution in [0.25, 0.3) is 0 Å². The zero-order valence-electron chi connectivity index (χ0n) is 18.7. The summed E-state index contributed by atoms with van der Waals surface area (Å²) in [5, 5.41) is 14.0. The number of carbonyl (C=O) groups excluding carboxylic acids is 1. The van der Waals surface area contributed by atoms with Crippen molar-refractivity contribution in [3.8, 4) is 17.2 Å². The van der Waals surface area contributed by atoms with Crippen molar-refractivity contribution in [2.75, 3.05) is 27.9 Å². The molecule has 1 N–H and O–H groups in total. The summed E-state index contributed by atoms with van der Waals surface area (Å²) in [6.45, 7) is 0.317. The van der Waals surface area contributed by atoms with Gasteiger partial charge in [0.1, 0.15) is 5.75 Å². The zero-order valence-corrected chi connectivity index (χ0v) is 18.7. The first-order chi connectivity index (χ1) is 15.9. The standard InChI is InChI=1S/C25H26N2O6/c1-31-21-6-4-5-19(15-21)22(18-8-10-20(11-9-18)27(29)30)16-26-25(28)14-17-7-12-23(32-2)24(13-17)33-3/h4-13,15,22H,14,16H2,1-3H3,(H,26,28). The lowest BCUT2D eigenvalue weighted by molar-refractivity contribution is -0.384. The molecular weight excluding hydrogens is 424 g/mol. The molecule has 33 heavy (non-hydrogen) atoms. The molecule has 0 fully saturated rings. The van der Waals surface area contributed by atoms with Gasteiger partial charge in [0.15, 0.2) is 11.5 Å². The van der Waals surface area contributed by atoms with E-state index in [0.717, 1.165) is 16.7 Å². The molecule has 1 unspecified atom stereocenters. The first kappa shape index (κ1) is 23.6. The van der Waals surface area contributed by atoms with Crippen molar-refractivity contribution in [2.24, 2.45) is 0 Å². The summed E-state index contributed by atoms with van der Waals surface area (Å²) in [5.41, 5.74) is 2.58. The molecule has 0 aliphatic carbocycles. The molecule has 0 aromatic heterocycles. The fraction of sp³-hybridized carbons (Fsp3) is 0.240. The summed E-state index contributed by atoms with van der Waals surface area (Å²) in [4.78, 5) is 23.3. The Morgan fingerprint density at radius 1 is 0.909 bits per heavy atom. The maximum atomic E-state index is 12.7. The third-order valence-corrected chi connectivity index (χ3v) is 5.32. The molecular formula is C25H26N2O6. The number of methoxy groups -OCH3 is 3. The van der Waals surface area contributed by atoms with Crippen LogP contribution in [-0.2, 0) is 11.2 Å². The van der Waals surface area contributed by atoms with Gasteiger partial charge in [-0.1, -0.05) is 30.3 Å². The topological polar surface area (TPSA) is 99.9 Å². The van der Waals surface area contributed by atoms with E-state index in [0.29, 0.717) is 23.8 Å². The van der Waals surface area contributed by atoms with E-state index >= 15 is 0 Å². The van der Waals surface area contributed by atoms with Crippen LogP contribution < -0.4 is 19.5 Å². The highest BCUT2D eigenvalue weighted by atomic mass is 16.6. The molecule has 8 nitrogen and oxygen atoms in total. The highest BCUT2D eigenvalue weighted by Crippen LogP contribution is 2.29. The average Bonchev–Trinajstić information content (AvgIpc) is 2.84. The van der Waals surface area contributed by atoms with E-state index in [4.69, 9.17) is 14.2 Å². The van der Waals surface area contributed by atoms with Crippen LogP contribution in [0.2, 0.25) is 0 Å². The second kappa shape index (κ2) is 11.0. The van der Waals surface area contributed by atoms with Crippen LogP contribution in [0.4, 0.5) is 5.69 Å². The van der Waals surface area contributed by atoms with Gasteiger partial charge in [-0.3, -0.25) is 14.9 Å². The van der Waals surface area contributed by atoms with Gasteiger partial charge in [0, 0.05) is 24.6 Å². The van der Waals surface area contributed by atoms with E-state index in [1.54, 1.807) is 45.6 Å². The minimum Gasteiger partial charge on any atom is -0.497 e. The molecule has 0 aliphatic rings. The fourth-order valence-electron chi connectivity index (χ4n) is 3.57. The number of amides is 1. The van der Waals surface area contributed by atoms with Crippen molar-refractivity contribution in [1.29, 1.82) is 0 Å². The van der Waals surface area contributed by atoms with E-state index in [-0.39, 0.29) is 23.9 Å². The highest BCUT2D eigenvalue weighted by molar-refractivity contribution is 5.79. The van der Waals surface area contributed by atoms with Crippen molar-refractivity contribution >= 4 is 11.6 Å². The fourth-order valence-corrected chi connectivity index (χ4v) is 3.57. The Kier molecular flexibility index (Phi) is 7.86. The van der Waals surface area contributed by atoms with Crippen LogP contribution in [0.1, 0.15) is 22.6 Å². The summed E-state index contributed by atoms with van der Waals surface area (Å²) in [6, 6.07) is 19.3. The third kappa shape index (κ3) is 6.00. The molecule has 0 saturated heterocycles. The van der Waals surface area contributed by atoms with E-state index in [9.17, 15) is 14.9 Å². The number of hydrogen-bond acceptors (Lipinski definition) is 6. The van der Waals surface area contributed by atoms with Gasteiger partial charge in [-0.2, -0.15) is 0 Å². The van der Waals surface area contributed by atoms with Gasteiger partial charge in [0.25, 0.3) is 5.69 Å². The van der Waals surface area contributed by atoms with Crippen molar-refractivity contribution < 1.29 is 23.9 Å². The maximum absolute atomic E-state index is 12.7. The van der Waals surface area contributed by atoms with Gasteiger partial charge in [-0.15, -0.1) is 0 Å². The Balaban J connectivity index is 1.78. The molecule has 3 aromatic rings. The average molecular weight is 450 g/mol. The second-order valence-corrected chi connectivity index (χ2v) is 7.35. The number of non-ortho nitro benzene ring substituents is 1. The van der Waals surface area contributed by atoms with Gasteiger partial charge >= 0.3 is 0 Å². The van der Waals surface area contributed by atoms with Crippen LogP contribution in [0.5, 0.6) is 17.2 Å². The Bertz CT molecular complexity index is 1110. The number of nitro groups is 1. The molecule has 0 radical (unpaired) electrons. The lowest BCUT2D eigenvalue weighted by Crippen LogP contribution is -2.30. The molecule has 3 aromatic carbocycles. The van der Waals surface area contributed by atoms with Crippen molar-refractivity contribution in [2.45, 2.75) is 12.3 Å². The Morgan fingerprint density at radius 3 is 2.27 bits per heavy atom. The molecule has 172 valence electrons. The van der Waals surface area contributed by atoms with Crippen molar-refractivity contribution in [3.05, 3.63) is 93.5 Å². The second-order valence-electron chi connectivity index (χ2n) is 7.35. The smallest absolute Gasteiger partial charge is 0.269 e. The van der Waals surface area contributed by atoms with Gasteiger partial charge in [0.05, 0.1) is 32.7 Å². The normalized spacial score (nSPS) is 11.4. The van der Waals surface area contributed by atoms with Gasteiger partial charge in [-0.25, -0.2) is 0 Å². The summed E-state index contributed by atoms with van der Waals surface area (Å²) in [5.74, 6) is 1.48. The van der Waals surface area contributed by atoms with E-state index < -0.39 is 4.92 Å². The predicted octanol–water partition coefficient (Wildman–Crippen LogP) is 4.11. The number of nitrogens with one attached hydrogen (secondary N) is 1. The lowest BCUT2D eigenvalue weighted by atomic mass is 9.90. The summed E-state index contributed by atoms with van der Waals surface area (Å²) < 4.78 is 15.9. The Hall–Kier alpha value is -4.07. The number of nitrogens with zero attached hydrogens (tertiary/aromatic N) is 1. The predicted molar refractivity (Wildman–Crippen MR) is 124 cm³/mol. The molecule has 0 bridgehead atoms. The quantitative estimate of drug-likeness (QED) is 0.369. The molecule has 0 spiro atoms. The number of nitro benzene ring substituents is 1. The minimum atomic E-state index is -0.435. The largest absolute Gasteiger partial charge is 0.497 e. The first-order valence-corrected chi connectivity index (χ1v) is 10.3. The molecule has 1 atom stereocenters. The molecule has 8 heteroatoms. The molecule has 0 heterocycles. The van der Waals surface area contributed by atoms with Crippen LogP contribution in [0.3, 0.4) is 0 Å². The van der Waals surface area contributed by atoms with Crippen LogP contribution in [0.15, 0.2) is 66.7 Å². The minimum absolute atomic E-state index is 0.0145. The number of rotatable bonds is 10. The van der Waals surface area contributed by atoms with Crippen LogP contribution in [-0.4, -0.2) is 38.7 Å². The Morgan fingerprint density at radius 2 is 1.64 bits per heavy atom. The van der Waals surface area contributed by atoms with E-state index in [1.807, 2.05) is 30.3 Å². The van der Waals surface area contributed by atoms with Crippen LogP contribution >= 0.6 is 0 Å². The van der Waals surface area contributed by atoms with Crippen LogP contribution in [0, 0.1) is 10.1 Å². The number of hydrogen-bond donors (Lipinski definition) is 1. The van der Waals surface area contributed by atoms with E-state index in [1.165, 1.54) is 12.1 Å². The van der Waals surface area contributed by atoms with Crippen molar-refractivity contribution in [3.63, 3.8) is 0 Å². The van der Waals surface area contributed by atoms with Gasteiger partial charge in [-0.05, 0) is 41.0 Å². The lowest BCUT2D eigenvalue weighted by Gasteiger charge is -2.19. The summed E-state index contributed by atoms with van der Waals surface area (Å²) in [7, 11) is 4.69. The molecule has 3 rings (SSSR count). The number of carbonyl (C=O) groups is 1. The Labute approximate surface area is 192 Å². The monoisotopic (exact) mass is 450 g/mol.